The summed E-state index contributed by atoms with van der Waals surface area (Å²) in [7, 11) is 1.59. The van der Waals surface area contributed by atoms with Crippen LogP contribution in [-0.2, 0) is 11.2 Å². The number of methoxy groups -OCH3 is 1. The molecule has 3 unspecified atom stereocenters. The topological polar surface area (TPSA) is 47.6 Å². The molecule has 3 rings (SSSR count). The van der Waals surface area contributed by atoms with Gasteiger partial charge < -0.3 is 14.8 Å². The number of carbonyl (C=O) groups excluding carboxylic acids is 1. The fraction of sp³-hybridized carbons (Fsp3) is 0.364. The van der Waals surface area contributed by atoms with Crippen molar-refractivity contribution in [2.24, 2.45) is 11.8 Å². The van der Waals surface area contributed by atoms with Gasteiger partial charge in [0.05, 0.1) is 19.8 Å². The van der Waals surface area contributed by atoms with Gasteiger partial charge in [-0.3, -0.25) is 4.79 Å². The number of hydrogen-bond acceptors (Lipinski definition) is 3. The third kappa shape index (κ3) is 4.64. The molecule has 1 amide bonds. The molecule has 0 aromatic heterocycles. The first-order valence-electron chi connectivity index (χ1n) is 8.97. The van der Waals surface area contributed by atoms with Crippen molar-refractivity contribution in [3.8, 4) is 5.75 Å². The molecule has 1 aliphatic rings. The summed E-state index contributed by atoms with van der Waals surface area (Å²) in [6.07, 6.45) is 4.74. The molecule has 3 atom stereocenters. The first kappa shape index (κ1) is 18.5. The zero-order valence-corrected chi connectivity index (χ0v) is 15.5. The number of anilines is 1. The molecule has 0 aliphatic carbocycles. The minimum Gasteiger partial charge on any atom is -0.497 e. The van der Waals surface area contributed by atoms with E-state index in [1.54, 1.807) is 25.3 Å². The van der Waals surface area contributed by atoms with E-state index in [0.29, 0.717) is 23.1 Å². The summed E-state index contributed by atoms with van der Waals surface area (Å²) >= 11 is 0. The maximum absolute atomic E-state index is 12.4. The van der Waals surface area contributed by atoms with Gasteiger partial charge in [-0.25, -0.2) is 0 Å². The highest BCUT2D eigenvalue weighted by atomic mass is 16.5. The number of hydrogen-bond donors (Lipinski definition) is 1. The second kappa shape index (κ2) is 8.37. The first-order valence-corrected chi connectivity index (χ1v) is 8.97. The van der Waals surface area contributed by atoms with Crippen LogP contribution in [-0.4, -0.2) is 25.7 Å². The van der Waals surface area contributed by atoms with Crippen molar-refractivity contribution in [3.63, 3.8) is 0 Å². The Hall–Kier alpha value is -2.33. The normalized spacial score (nSPS) is 22.7. The molecule has 0 saturated carbocycles. The van der Waals surface area contributed by atoms with Crippen LogP contribution < -0.4 is 10.1 Å². The minimum atomic E-state index is -0.151. The number of amides is 1. The van der Waals surface area contributed by atoms with Gasteiger partial charge in [-0.05, 0) is 67.5 Å². The maximum atomic E-state index is 12.4. The van der Waals surface area contributed by atoms with Crippen LogP contribution >= 0.6 is 0 Å². The van der Waals surface area contributed by atoms with E-state index in [4.69, 9.17) is 9.47 Å². The van der Waals surface area contributed by atoms with Gasteiger partial charge in [0.15, 0.2) is 0 Å². The molecule has 1 fully saturated rings. The Morgan fingerprint density at radius 1 is 1.23 bits per heavy atom. The number of ether oxygens (including phenoxy) is 2. The van der Waals surface area contributed by atoms with Crippen LogP contribution in [0.5, 0.6) is 5.75 Å². The lowest BCUT2D eigenvalue weighted by molar-refractivity contribution is -0.0112. The van der Waals surface area contributed by atoms with Crippen molar-refractivity contribution in [2.75, 3.05) is 19.0 Å². The highest BCUT2D eigenvalue weighted by molar-refractivity contribution is 6.04. The van der Waals surface area contributed by atoms with Crippen molar-refractivity contribution < 1.29 is 14.3 Å². The van der Waals surface area contributed by atoms with E-state index in [1.807, 2.05) is 30.3 Å². The molecule has 0 spiro atoms. The van der Waals surface area contributed by atoms with Crippen molar-refractivity contribution in [3.05, 3.63) is 66.1 Å². The lowest BCUT2D eigenvalue weighted by Crippen LogP contribution is -2.32. The molecule has 1 N–H and O–H groups in total. The molecule has 2 aromatic carbocycles. The third-order valence-corrected chi connectivity index (χ3v) is 4.79. The second-order valence-corrected chi connectivity index (χ2v) is 6.78. The van der Waals surface area contributed by atoms with Gasteiger partial charge in [-0.1, -0.05) is 25.1 Å². The van der Waals surface area contributed by atoms with Crippen LogP contribution in [0.25, 0.3) is 0 Å². The number of carbonyl (C=O) groups is 1. The summed E-state index contributed by atoms with van der Waals surface area (Å²) in [4.78, 5) is 12.4. The summed E-state index contributed by atoms with van der Waals surface area (Å²) in [5.74, 6) is 1.19. The van der Waals surface area contributed by atoms with Crippen LogP contribution in [0.1, 0.15) is 29.8 Å². The number of rotatable bonds is 5. The van der Waals surface area contributed by atoms with Gasteiger partial charge in [0, 0.05) is 11.3 Å². The number of benzene rings is 2. The standard InChI is InChI=1S/C22H25NO3/c1-15-11-18(14-26-16(15)2)12-17-7-9-20(10-8-17)23-22(24)19-5-4-6-21(13-19)25-3/h4-10,13,15-16,18H,12,14H2,1-3H3,(H,23,24). The molecule has 2 radical (unpaired) electrons. The Balaban J connectivity index is 1.58. The van der Waals surface area contributed by atoms with E-state index < -0.39 is 0 Å². The van der Waals surface area contributed by atoms with Gasteiger partial charge in [-0.2, -0.15) is 0 Å². The van der Waals surface area contributed by atoms with Crippen LogP contribution in [0.2, 0.25) is 0 Å². The summed E-state index contributed by atoms with van der Waals surface area (Å²) in [6.45, 7) is 4.96. The fourth-order valence-electron chi connectivity index (χ4n) is 3.06. The summed E-state index contributed by atoms with van der Waals surface area (Å²) < 4.78 is 11.0. The fourth-order valence-corrected chi connectivity index (χ4v) is 3.06. The third-order valence-electron chi connectivity index (χ3n) is 4.79. The monoisotopic (exact) mass is 351 g/mol. The van der Waals surface area contributed by atoms with Gasteiger partial charge in [0.2, 0.25) is 0 Å². The van der Waals surface area contributed by atoms with E-state index in [1.165, 1.54) is 5.56 Å². The molecule has 0 bridgehead atoms. The predicted molar refractivity (Wildman–Crippen MR) is 102 cm³/mol. The zero-order chi connectivity index (χ0) is 18.5. The van der Waals surface area contributed by atoms with Crippen LogP contribution in [0.3, 0.4) is 0 Å². The van der Waals surface area contributed by atoms with E-state index >= 15 is 0 Å². The van der Waals surface area contributed by atoms with Crippen molar-refractivity contribution >= 4 is 11.6 Å². The quantitative estimate of drug-likeness (QED) is 0.876. The van der Waals surface area contributed by atoms with Crippen molar-refractivity contribution in [2.45, 2.75) is 26.4 Å². The largest absolute Gasteiger partial charge is 0.497 e. The van der Waals surface area contributed by atoms with Gasteiger partial charge in [-0.15, -0.1) is 0 Å². The lowest BCUT2D eigenvalue weighted by atomic mass is 9.86. The molecule has 4 heteroatoms. The van der Waals surface area contributed by atoms with Crippen LogP contribution in [0.15, 0.2) is 48.5 Å². The molecular weight excluding hydrogens is 326 g/mol. The van der Waals surface area contributed by atoms with Crippen LogP contribution in [0.4, 0.5) is 5.69 Å². The number of nitrogens with one attached hydrogen (secondary N) is 1. The van der Waals surface area contributed by atoms with Crippen molar-refractivity contribution in [1.82, 2.24) is 0 Å². The first-order chi connectivity index (χ1) is 12.5. The van der Waals surface area contributed by atoms with Crippen LogP contribution in [0, 0.1) is 18.3 Å². The average Bonchev–Trinajstić information content (AvgIpc) is 2.66. The summed E-state index contributed by atoms with van der Waals surface area (Å²) in [5, 5.41) is 2.92. The summed E-state index contributed by atoms with van der Waals surface area (Å²) in [6, 6.07) is 15.1. The highest BCUT2D eigenvalue weighted by Gasteiger charge is 2.25. The lowest BCUT2D eigenvalue weighted by Gasteiger charge is -2.31. The minimum absolute atomic E-state index is 0.151. The zero-order valence-electron chi connectivity index (χ0n) is 15.5. The van der Waals surface area contributed by atoms with E-state index in [-0.39, 0.29) is 12.0 Å². The Kier molecular flexibility index (Phi) is 5.94. The smallest absolute Gasteiger partial charge is 0.255 e. The van der Waals surface area contributed by atoms with Gasteiger partial charge >= 0.3 is 0 Å². The molecule has 1 saturated heterocycles. The molecule has 26 heavy (non-hydrogen) atoms. The van der Waals surface area contributed by atoms with E-state index in [9.17, 15) is 4.79 Å². The van der Waals surface area contributed by atoms with Crippen molar-refractivity contribution in [1.29, 1.82) is 0 Å². The molecule has 4 nitrogen and oxygen atoms in total. The SMILES string of the molecule is COc1cccc(C(=O)Nc2ccc(CC3[C]C(C)C(C)OC3)cc2)c1. The summed E-state index contributed by atoms with van der Waals surface area (Å²) in [5.41, 5.74) is 2.56. The Morgan fingerprint density at radius 3 is 2.69 bits per heavy atom. The molecular formula is C22H25NO3. The predicted octanol–water partition coefficient (Wildman–Crippen LogP) is 4.24. The Bertz CT molecular complexity index is 741. The second-order valence-electron chi connectivity index (χ2n) is 6.78. The Morgan fingerprint density at radius 2 is 2.00 bits per heavy atom. The highest BCUT2D eigenvalue weighted by Crippen LogP contribution is 2.26. The van der Waals surface area contributed by atoms with E-state index in [2.05, 4.69) is 25.6 Å². The van der Waals surface area contributed by atoms with E-state index in [0.717, 1.165) is 18.7 Å². The molecule has 2 aromatic rings. The molecule has 1 heterocycles. The van der Waals surface area contributed by atoms with Gasteiger partial charge in [0.25, 0.3) is 5.91 Å². The Labute approximate surface area is 155 Å². The average molecular weight is 351 g/mol. The molecule has 1 aliphatic heterocycles. The maximum Gasteiger partial charge on any atom is 0.255 e. The molecule has 136 valence electrons. The van der Waals surface area contributed by atoms with Gasteiger partial charge in [0.1, 0.15) is 5.75 Å².